The third-order valence-electron chi connectivity index (χ3n) is 6.31. The number of amides is 3. The number of Topliss-reactive ketones (excluding diaryl/α,β-unsaturated/α-hetero) is 1. The van der Waals surface area contributed by atoms with Crippen molar-refractivity contribution in [2.45, 2.75) is 32.9 Å². The Balaban J connectivity index is 1.57. The third kappa shape index (κ3) is 3.83. The molecule has 1 aromatic carbocycles. The lowest BCUT2D eigenvalue weighted by Gasteiger charge is -2.23. The lowest BCUT2D eigenvalue weighted by Crippen LogP contribution is -2.41. The molecule has 1 fully saturated rings. The van der Waals surface area contributed by atoms with E-state index in [2.05, 4.69) is 5.32 Å². The van der Waals surface area contributed by atoms with Crippen molar-refractivity contribution in [2.75, 3.05) is 20.8 Å². The van der Waals surface area contributed by atoms with Crippen molar-refractivity contribution in [2.24, 2.45) is 0 Å². The fourth-order valence-electron chi connectivity index (χ4n) is 4.30. The van der Waals surface area contributed by atoms with E-state index in [1.54, 1.807) is 37.5 Å². The zero-order valence-electron chi connectivity index (χ0n) is 19.8. The monoisotopic (exact) mass is 465 g/mol. The van der Waals surface area contributed by atoms with Crippen LogP contribution in [0.4, 0.5) is 4.79 Å². The Morgan fingerprint density at radius 3 is 2.47 bits per heavy atom. The number of urea groups is 1. The van der Waals surface area contributed by atoms with Gasteiger partial charge in [-0.05, 0) is 56.7 Å². The first-order valence-electron chi connectivity index (χ1n) is 10.8. The van der Waals surface area contributed by atoms with Crippen LogP contribution >= 0.6 is 0 Å². The van der Waals surface area contributed by atoms with E-state index in [1.807, 2.05) is 30.5 Å². The van der Waals surface area contributed by atoms with Gasteiger partial charge in [0.1, 0.15) is 11.3 Å². The van der Waals surface area contributed by atoms with E-state index in [1.165, 1.54) is 14.2 Å². The van der Waals surface area contributed by atoms with E-state index in [0.717, 1.165) is 22.0 Å². The quantitative estimate of drug-likeness (QED) is 0.404. The molecule has 0 radical (unpaired) electrons. The van der Waals surface area contributed by atoms with Crippen LogP contribution < -0.4 is 14.8 Å². The summed E-state index contributed by atoms with van der Waals surface area (Å²) in [6.45, 7) is 5.46. The molecule has 0 aliphatic carbocycles. The molecule has 9 nitrogen and oxygen atoms in total. The van der Waals surface area contributed by atoms with E-state index in [0.29, 0.717) is 29.2 Å². The smallest absolute Gasteiger partial charge is 0.325 e. The third-order valence-corrected chi connectivity index (χ3v) is 6.31. The Labute approximate surface area is 197 Å². The van der Waals surface area contributed by atoms with Crippen LogP contribution in [0.2, 0.25) is 0 Å². The SMILES string of the molecule is COc1ccc([C@]2(C)NC(=O)N(CC(=O)c3cc(C)n(Cc4ccco4)c3C)C2=O)cc1OC. The van der Waals surface area contributed by atoms with Gasteiger partial charge in [-0.2, -0.15) is 0 Å². The summed E-state index contributed by atoms with van der Waals surface area (Å²) in [6.07, 6.45) is 1.60. The molecule has 0 saturated carbocycles. The maximum absolute atomic E-state index is 13.3. The summed E-state index contributed by atoms with van der Waals surface area (Å²) >= 11 is 0. The van der Waals surface area contributed by atoms with Crippen LogP contribution in [0.1, 0.15) is 40.0 Å². The molecule has 9 heteroatoms. The molecule has 3 amide bonds. The highest BCUT2D eigenvalue weighted by Gasteiger charge is 2.49. The number of imide groups is 1. The van der Waals surface area contributed by atoms with Gasteiger partial charge in [0.2, 0.25) is 0 Å². The van der Waals surface area contributed by atoms with Crippen molar-refractivity contribution < 1.29 is 28.3 Å². The number of aryl methyl sites for hydroxylation is 1. The van der Waals surface area contributed by atoms with Gasteiger partial charge in [0.05, 0.1) is 33.6 Å². The fraction of sp³-hybridized carbons (Fsp3) is 0.320. The second-order valence-corrected chi connectivity index (χ2v) is 8.39. The molecule has 4 rings (SSSR count). The Bertz CT molecular complexity index is 1260. The zero-order valence-corrected chi connectivity index (χ0v) is 19.8. The van der Waals surface area contributed by atoms with Crippen molar-refractivity contribution in [3.63, 3.8) is 0 Å². The summed E-state index contributed by atoms with van der Waals surface area (Å²) in [5.74, 6) is 0.868. The summed E-state index contributed by atoms with van der Waals surface area (Å²) in [6, 6.07) is 9.82. The van der Waals surface area contributed by atoms with E-state index in [4.69, 9.17) is 13.9 Å². The molecule has 34 heavy (non-hydrogen) atoms. The van der Waals surface area contributed by atoms with Gasteiger partial charge in [0, 0.05) is 17.0 Å². The van der Waals surface area contributed by atoms with Crippen LogP contribution in [0, 0.1) is 13.8 Å². The normalized spacial score (nSPS) is 17.7. The average molecular weight is 466 g/mol. The minimum Gasteiger partial charge on any atom is -0.493 e. The van der Waals surface area contributed by atoms with Crippen molar-refractivity contribution in [1.29, 1.82) is 0 Å². The van der Waals surface area contributed by atoms with Gasteiger partial charge in [-0.3, -0.25) is 14.5 Å². The average Bonchev–Trinajstić information content (AvgIpc) is 3.50. The van der Waals surface area contributed by atoms with Gasteiger partial charge in [-0.1, -0.05) is 6.07 Å². The van der Waals surface area contributed by atoms with E-state index < -0.39 is 17.5 Å². The zero-order chi connectivity index (χ0) is 24.6. The summed E-state index contributed by atoms with van der Waals surface area (Å²) in [5, 5.41) is 2.72. The van der Waals surface area contributed by atoms with Crippen molar-refractivity contribution in [3.05, 3.63) is 70.9 Å². The summed E-state index contributed by atoms with van der Waals surface area (Å²) < 4.78 is 18.0. The van der Waals surface area contributed by atoms with Crippen molar-refractivity contribution in [3.8, 4) is 11.5 Å². The Morgan fingerprint density at radius 1 is 1.09 bits per heavy atom. The van der Waals surface area contributed by atoms with E-state index in [-0.39, 0.29) is 12.3 Å². The molecule has 1 aliphatic heterocycles. The number of benzene rings is 1. The summed E-state index contributed by atoms with van der Waals surface area (Å²) in [7, 11) is 3.01. The predicted molar refractivity (Wildman–Crippen MR) is 123 cm³/mol. The fourth-order valence-corrected chi connectivity index (χ4v) is 4.30. The standard InChI is InChI=1S/C25H27N3O6/c1-15-11-19(16(2)27(15)13-18-7-6-10-34-18)20(29)14-28-23(30)25(3,26-24(28)31)17-8-9-21(32-4)22(12-17)33-5/h6-12H,13-14H2,1-5H3,(H,26,31)/t25-/m0/s1. The lowest BCUT2D eigenvalue weighted by atomic mass is 9.91. The number of ether oxygens (including phenoxy) is 2. The number of ketones is 1. The molecule has 178 valence electrons. The van der Waals surface area contributed by atoms with Crippen LogP contribution in [0.25, 0.3) is 0 Å². The van der Waals surface area contributed by atoms with Gasteiger partial charge >= 0.3 is 6.03 Å². The number of aromatic nitrogens is 1. The van der Waals surface area contributed by atoms with Crippen LogP contribution in [-0.4, -0.2) is 48.0 Å². The summed E-state index contributed by atoms with van der Waals surface area (Å²) in [4.78, 5) is 40.2. The maximum atomic E-state index is 13.3. The molecule has 3 heterocycles. The molecule has 1 N–H and O–H groups in total. The number of carbonyl (C=O) groups excluding carboxylic acids is 3. The second kappa shape index (κ2) is 8.74. The molecule has 1 atom stereocenters. The highest BCUT2D eigenvalue weighted by Crippen LogP contribution is 2.35. The number of carbonyl (C=O) groups is 3. The molecule has 0 bridgehead atoms. The topological polar surface area (TPSA) is 103 Å². The van der Waals surface area contributed by atoms with Gasteiger partial charge in [-0.25, -0.2) is 4.79 Å². The minimum absolute atomic E-state index is 0.321. The maximum Gasteiger partial charge on any atom is 0.325 e. The number of rotatable bonds is 8. The molecular weight excluding hydrogens is 438 g/mol. The van der Waals surface area contributed by atoms with Crippen LogP contribution in [0.15, 0.2) is 47.1 Å². The molecular formula is C25H27N3O6. The molecule has 1 aliphatic rings. The van der Waals surface area contributed by atoms with Gasteiger partial charge in [0.25, 0.3) is 5.91 Å². The number of hydrogen-bond donors (Lipinski definition) is 1. The van der Waals surface area contributed by atoms with Crippen molar-refractivity contribution >= 4 is 17.7 Å². The molecule has 3 aromatic rings. The first-order chi connectivity index (χ1) is 16.2. The Kier molecular flexibility index (Phi) is 5.95. The number of nitrogens with one attached hydrogen (secondary N) is 1. The van der Waals surface area contributed by atoms with Gasteiger partial charge < -0.3 is 23.8 Å². The first kappa shape index (κ1) is 23.2. The molecule has 2 aromatic heterocycles. The van der Waals surface area contributed by atoms with E-state index >= 15 is 0 Å². The highest BCUT2D eigenvalue weighted by molar-refractivity contribution is 6.11. The van der Waals surface area contributed by atoms with Crippen LogP contribution in [-0.2, 0) is 16.9 Å². The highest BCUT2D eigenvalue weighted by atomic mass is 16.5. The van der Waals surface area contributed by atoms with Crippen molar-refractivity contribution in [1.82, 2.24) is 14.8 Å². The number of hydrogen-bond acceptors (Lipinski definition) is 6. The molecule has 0 unspecified atom stereocenters. The number of furan rings is 1. The Morgan fingerprint density at radius 2 is 1.82 bits per heavy atom. The largest absolute Gasteiger partial charge is 0.493 e. The number of nitrogens with zero attached hydrogens (tertiary/aromatic N) is 2. The first-order valence-corrected chi connectivity index (χ1v) is 10.8. The second-order valence-electron chi connectivity index (χ2n) is 8.39. The van der Waals surface area contributed by atoms with Gasteiger partial charge in [-0.15, -0.1) is 0 Å². The van der Waals surface area contributed by atoms with E-state index in [9.17, 15) is 14.4 Å². The molecule has 0 spiro atoms. The van der Waals surface area contributed by atoms with Gasteiger partial charge in [0.15, 0.2) is 17.3 Å². The predicted octanol–water partition coefficient (Wildman–Crippen LogP) is 3.41. The summed E-state index contributed by atoms with van der Waals surface area (Å²) in [5.41, 5.74) is 1.27. The van der Waals surface area contributed by atoms with Crippen LogP contribution in [0.5, 0.6) is 11.5 Å². The van der Waals surface area contributed by atoms with Crippen LogP contribution in [0.3, 0.4) is 0 Å². The molecule has 1 saturated heterocycles. The Hall–Kier alpha value is -4.01. The lowest BCUT2D eigenvalue weighted by molar-refractivity contribution is -0.130. The number of methoxy groups -OCH3 is 2. The minimum atomic E-state index is -1.34.